The van der Waals surface area contributed by atoms with Crippen molar-refractivity contribution in [2.24, 2.45) is 0 Å². The molecule has 7 heteroatoms. The average molecular weight is 489 g/mol. The van der Waals surface area contributed by atoms with Crippen LogP contribution >= 0.6 is 11.6 Å². The Balaban J connectivity index is 2.21. The van der Waals surface area contributed by atoms with Gasteiger partial charge in [-0.25, -0.2) is 0 Å². The second-order valence-corrected chi connectivity index (χ2v) is 8.83. The molecule has 1 aliphatic heterocycles. The largest absolute Gasteiger partial charge is 0.355 e. The Morgan fingerprint density at radius 2 is 1.88 bits per heavy atom. The molecule has 6 nitrogen and oxygen atoms in total. The van der Waals surface area contributed by atoms with Crippen LogP contribution in [-0.2, 0) is 25.5 Å². The number of halogens is 1. The Morgan fingerprint density at radius 1 is 1.15 bits per heavy atom. The highest BCUT2D eigenvalue weighted by Gasteiger charge is 2.15. The van der Waals surface area contributed by atoms with Gasteiger partial charge in [-0.05, 0) is 75.0 Å². The minimum atomic E-state index is -0.224. The number of ether oxygens (including phenoxy) is 2. The molecule has 1 aromatic carbocycles. The summed E-state index contributed by atoms with van der Waals surface area (Å²) >= 11 is 6.18. The number of benzene rings is 1. The summed E-state index contributed by atoms with van der Waals surface area (Å²) in [4.78, 5) is 25.2. The summed E-state index contributed by atoms with van der Waals surface area (Å²) in [5.41, 5.74) is 4.16. The molecule has 0 spiro atoms. The first-order valence-electron chi connectivity index (χ1n) is 11.9. The van der Waals surface area contributed by atoms with E-state index in [1.165, 1.54) is 5.57 Å². The van der Waals surface area contributed by atoms with Gasteiger partial charge in [-0.2, -0.15) is 0 Å². The predicted octanol–water partition coefficient (Wildman–Crippen LogP) is 4.89. The fourth-order valence-electron chi connectivity index (χ4n) is 3.55. The van der Waals surface area contributed by atoms with Crippen LogP contribution in [0.1, 0.15) is 52.0 Å². The Hall–Kier alpha value is -2.41. The molecule has 0 saturated carbocycles. The van der Waals surface area contributed by atoms with Crippen molar-refractivity contribution in [1.82, 2.24) is 10.6 Å². The summed E-state index contributed by atoms with van der Waals surface area (Å²) in [6.45, 7) is 7.77. The van der Waals surface area contributed by atoms with Crippen molar-refractivity contribution >= 4 is 23.4 Å². The van der Waals surface area contributed by atoms with E-state index in [0.29, 0.717) is 42.3 Å². The molecule has 186 valence electrons. The Labute approximate surface area is 208 Å². The second kappa shape index (κ2) is 14.8. The van der Waals surface area contributed by atoms with Crippen molar-refractivity contribution in [3.63, 3.8) is 0 Å². The first-order chi connectivity index (χ1) is 16.3. The molecule has 2 amide bonds. The highest BCUT2D eigenvalue weighted by atomic mass is 35.5. The summed E-state index contributed by atoms with van der Waals surface area (Å²) < 4.78 is 11.1. The zero-order valence-electron chi connectivity index (χ0n) is 20.7. The SMILES string of the molecule is CCC(C)=C(/C=C(\C=C(/C)C(=O)NC)C(=O)NCCCC1OCCCO1)Cc1cccc(Cl)c1. The summed E-state index contributed by atoms with van der Waals surface area (Å²) in [6, 6.07) is 7.71. The normalized spacial score (nSPS) is 16.1. The van der Waals surface area contributed by atoms with Crippen LogP contribution in [0.15, 0.2) is 58.7 Å². The van der Waals surface area contributed by atoms with E-state index in [2.05, 4.69) is 24.5 Å². The molecule has 0 aliphatic carbocycles. The van der Waals surface area contributed by atoms with Crippen molar-refractivity contribution in [3.8, 4) is 0 Å². The predicted molar refractivity (Wildman–Crippen MR) is 137 cm³/mol. The molecule has 0 aromatic heterocycles. The van der Waals surface area contributed by atoms with E-state index in [9.17, 15) is 9.59 Å². The van der Waals surface area contributed by atoms with Crippen molar-refractivity contribution in [1.29, 1.82) is 0 Å². The molecule has 1 saturated heterocycles. The van der Waals surface area contributed by atoms with Gasteiger partial charge in [-0.1, -0.05) is 36.2 Å². The van der Waals surface area contributed by atoms with Crippen molar-refractivity contribution in [2.75, 3.05) is 26.8 Å². The number of amides is 2. The van der Waals surface area contributed by atoms with Crippen molar-refractivity contribution < 1.29 is 19.1 Å². The minimum Gasteiger partial charge on any atom is -0.355 e. The van der Waals surface area contributed by atoms with Crippen LogP contribution in [0, 0.1) is 0 Å². The van der Waals surface area contributed by atoms with Crippen LogP contribution in [0.4, 0.5) is 0 Å². The molecular weight excluding hydrogens is 452 g/mol. The molecule has 1 aromatic rings. The number of nitrogens with one attached hydrogen (secondary N) is 2. The molecule has 0 radical (unpaired) electrons. The van der Waals surface area contributed by atoms with Gasteiger partial charge in [0.15, 0.2) is 6.29 Å². The fraction of sp³-hybridized carbons (Fsp3) is 0.481. The number of allylic oxidation sites excluding steroid dienone is 3. The zero-order valence-corrected chi connectivity index (χ0v) is 21.5. The number of carbonyl (C=O) groups excluding carboxylic acids is 2. The fourth-order valence-corrected chi connectivity index (χ4v) is 3.76. The maximum atomic E-state index is 13.1. The summed E-state index contributed by atoms with van der Waals surface area (Å²) in [6.07, 6.45) is 7.19. The van der Waals surface area contributed by atoms with Gasteiger partial charge in [0.25, 0.3) is 5.91 Å². The minimum absolute atomic E-state index is 0.199. The Morgan fingerprint density at radius 3 is 2.53 bits per heavy atom. The number of hydrogen-bond donors (Lipinski definition) is 2. The number of hydrogen-bond acceptors (Lipinski definition) is 4. The van der Waals surface area contributed by atoms with Crippen LogP contribution in [-0.4, -0.2) is 44.9 Å². The lowest BCUT2D eigenvalue weighted by Gasteiger charge is -2.23. The lowest BCUT2D eigenvalue weighted by molar-refractivity contribution is -0.181. The lowest BCUT2D eigenvalue weighted by atomic mass is 9.96. The molecule has 34 heavy (non-hydrogen) atoms. The quantitative estimate of drug-likeness (QED) is 0.264. The van der Waals surface area contributed by atoms with Gasteiger partial charge in [0, 0.05) is 36.2 Å². The average Bonchev–Trinajstić information content (AvgIpc) is 2.85. The van der Waals surface area contributed by atoms with E-state index in [1.54, 1.807) is 20.0 Å². The lowest BCUT2D eigenvalue weighted by Crippen LogP contribution is -2.29. The molecule has 1 heterocycles. The molecule has 0 atom stereocenters. The second-order valence-electron chi connectivity index (χ2n) is 8.39. The Kier molecular flexibility index (Phi) is 12.1. The van der Waals surface area contributed by atoms with Crippen molar-refractivity contribution in [3.05, 3.63) is 69.3 Å². The molecule has 0 bridgehead atoms. The van der Waals surface area contributed by atoms with E-state index in [0.717, 1.165) is 36.8 Å². The van der Waals surface area contributed by atoms with E-state index >= 15 is 0 Å². The van der Waals surface area contributed by atoms with Gasteiger partial charge in [0.1, 0.15) is 0 Å². The van der Waals surface area contributed by atoms with E-state index in [-0.39, 0.29) is 18.1 Å². The third-order valence-corrected chi connectivity index (χ3v) is 5.94. The van der Waals surface area contributed by atoms with Gasteiger partial charge in [0.2, 0.25) is 5.91 Å². The van der Waals surface area contributed by atoms with E-state index in [4.69, 9.17) is 21.1 Å². The van der Waals surface area contributed by atoms with Gasteiger partial charge in [-0.15, -0.1) is 0 Å². The highest BCUT2D eigenvalue weighted by molar-refractivity contribution is 6.30. The van der Waals surface area contributed by atoms with Crippen LogP contribution < -0.4 is 10.6 Å². The monoisotopic (exact) mass is 488 g/mol. The summed E-state index contributed by atoms with van der Waals surface area (Å²) in [7, 11) is 1.57. The van der Waals surface area contributed by atoms with Crippen LogP contribution in [0.25, 0.3) is 0 Å². The maximum absolute atomic E-state index is 13.1. The number of rotatable bonds is 11. The van der Waals surface area contributed by atoms with Crippen LogP contribution in [0.3, 0.4) is 0 Å². The summed E-state index contributed by atoms with van der Waals surface area (Å²) in [5, 5.41) is 6.27. The molecule has 1 fully saturated rings. The number of likely N-dealkylation sites (N-methyl/N-ethyl adjacent to an activating group) is 1. The van der Waals surface area contributed by atoms with Gasteiger partial charge < -0.3 is 20.1 Å². The van der Waals surface area contributed by atoms with E-state index < -0.39 is 0 Å². The van der Waals surface area contributed by atoms with Crippen LogP contribution in [0.5, 0.6) is 0 Å². The van der Waals surface area contributed by atoms with Crippen LogP contribution in [0.2, 0.25) is 5.02 Å². The molecule has 0 unspecified atom stereocenters. The van der Waals surface area contributed by atoms with E-state index in [1.807, 2.05) is 30.3 Å². The van der Waals surface area contributed by atoms with Gasteiger partial charge >= 0.3 is 0 Å². The van der Waals surface area contributed by atoms with Gasteiger partial charge in [0.05, 0.1) is 13.2 Å². The maximum Gasteiger partial charge on any atom is 0.251 e. The molecular formula is C27H37ClN2O4. The molecule has 2 rings (SSSR count). The highest BCUT2D eigenvalue weighted by Crippen LogP contribution is 2.21. The number of carbonyl (C=O) groups is 2. The van der Waals surface area contributed by atoms with Crippen molar-refractivity contribution in [2.45, 2.75) is 59.2 Å². The zero-order chi connectivity index (χ0) is 24.9. The molecule has 1 aliphatic rings. The topological polar surface area (TPSA) is 76.7 Å². The van der Waals surface area contributed by atoms with Gasteiger partial charge in [-0.3, -0.25) is 9.59 Å². The third kappa shape index (κ3) is 9.45. The standard InChI is InChI=1S/C27H37ClN2O4/c1-5-19(2)22(16-21-9-6-10-24(28)17-21)18-23(15-20(3)26(31)29-4)27(32)30-12-7-11-25-33-13-8-14-34-25/h6,9-10,15,17-18,25H,5,7-8,11-14,16H2,1-4H3,(H,29,31)(H,30,32)/b20-15+,22-19?,23-18+. The molecule has 2 N–H and O–H groups in total. The Bertz CT molecular complexity index is 930. The summed E-state index contributed by atoms with van der Waals surface area (Å²) in [5.74, 6) is -0.445. The third-order valence-electron chi connectivity index (χ3n) is 5.71. The first kappa shape index (κ1) is 27.8. The smallest absolute Gasteiger partial charge is 0.251 e. The first-order valence-corrected chi connectivity index (χ1v) is 12.3.